The summed E-state index contributed by atoms with van der Waals surface area (Å²) in [7, 11) is 0. The second-order valence-electron chi connectivity index (χ2n) is 6.09. The summed E-state index contributed by atoms with van der Waals surface area (Å²) in [5.74, 6) is 0. The Morgan fingerprint density at radius 1 is 1.19 bits per heavy atom. The third kappa shape index (κ3) is 2.98. The molecule has 1 aliphatic heterocycles. The van der Waals surface area contributed by atoms with Gasteiger partial charge in [-0.3, -0.25) is 4.90 Å². The minimum Gasteiger partial charge on any atom is -0.379 e. The fraction of sp³-hybridized carbons (Fsp3) is 0.529. The van der Waals surface area contributed by atoms with Crippen LogP contribution in [0.2, 0.25) is 0 Å². The van der Waals surface area contributed by atoms with Gasteiger partial charge in [-0.15, -0.1) is 0 Å². The molecule has 0 spiro atoms. The van der Waals surface area contributed by atoms with E-state index in [0.717, 1.165) is 32.8 Å². The van der Waals surface area contributed by atoms with E-state index < -0.39 is 0 Å². The molecule has 4 heteroatoms. The average molecular weight is 287 g/mol. The predicted molar refractivity (Wildman–Crippen MR) is 86.3 cm³/mol. The normalized spacial score (nSPS) is 17.0. The van der Waals surface area contributed by atoms with Crippen molar-refractivity contribution < 1.29 is 4.74 Å². The zero-order chi connectivity index (χ0) is 14.8. The van der Waals surface area contributed by atoms with Crippen molar-refractivity contribution in [3.8, 4) is 0 Å². The molecular weight excluding hydrogens is 262 g/mol. The maximum atomic E-state index is 5.79. The molecule has 114 valence electrons. The molecule has 21 heavy (non-hydrogen) atoms. The molecule has 0 aliphatic carbocycles. The highest BCUT2D eigenvalue weighted by atomic mass is 16.5. The molecule has 1 aromatic carbocycles. The molecule has 2 aromatic rings. The van der Waals surface area contributed by atoms with Crippen LogP contribution in [0.5, 0.6) is 0 Å². The highest BCUT2D eigenvalue weighted by molar-refractivity contribution is 5.82. The third-order valence-electron chi connectivity index (χ3n) is 4.23. The maximum Gasteiger partial charge on any atom is 0.0594 e. The van der Waals surface area contributed by atoms with Gasteiger partial charge in [-0.05, 0) is 36.9 Å². The first-order valence-corrected chi connectivity index (χ1v) is 7.82. The summed E-state index contributed by atoms with van der Waals surface area (Å²) in [4.78, 5) is 2.47. The van der Waals surface area contributed by atoms with Gasteiger partial charge in [0.1, 0.15) is 0 Å². The summed E-state index contributed by atoms with van der Waals surface area (Å²) >= 11 is 0. The molecule has 1 saturated heterocycles. The Bertz CT molecular complexity index is 612. The van der Waals surface area contributed by atoms with Crippen LogP contribution < -0.4 is 5.73 Å². The first-order chi connectivity index (χ1) is 10.2. The maximum absolute atomic E-state index is 5.79. The van der Waals surface area contributed by atoms with Gasteiger partial charge in [0.05, 0.1) is 13.2 Å². The quantitative estimate of drug-likeness (QED) is 0.939. The molecule has 1 fully saturated rings. The van der Waals surface area contributed by atoms with Crippen LogP contribution in [0.1, 0.15) is 31.1 Å². The lowest BCUT2D eigenvalue weighted by Gasteiger charge is -2.27. The van der Waals surface area contributed by atoms with Crippen molar-refractivity contribution in [2.45, 2.75) is 33.0 Å². The number of nitrogens with two attached hydrogens (primary N) is 1. The van der Waals surface area contributed by atoms with Crippen LogP contribution in [-0.2, 0) is 17.8 Å². The van der Waals surface area contributed by atoms with Gasteiger partial charge in [-0.1, -0.05) is 12.1 Å². The molecule has 0 saturated carbocycles. The molecule has 0 amide bonds. The van der Waals surface area contributed by atoms with E-state index in [4.69, 9.17) is 10.5 Å². The Morgan fingerprint density at radius 2 is 1.95 bits per heavy atom. The summed E-state index contributed by atoms with van der Waals surface area (Å²) in [6, 6.07) is 9.33. The molecular formula is C17H25N3O. The molecule has 2 heterocycles. The monoisotopic (exact) mass is 287 g/mol. The van der Waals surface area contributed by atoms with Crippen molar-refractivity contribution in [2.75, 3.05) is 26.3 Å². The molecule has 0 atom stereocenters. The van der Waals surface area contributed by atoms with E-state index in [1.165, 1.54) is 22.2 Å². The van der Waals surface area contributed by atoms with Crippen LogP contribution in [0.15, 0.2) is 24.3 Å². The predicted octanol–water partition coefficient (Wildman–Crippen LogP) is 2.51. The number of morpholine rings is 1. The van der Waals surface area contributed by atoms with Gasteiger partial charge < -0.3 is 15.0 Å². The molecule has 1 aliphatic rings. The van der Waals surface area contributed by atoms with E-state index in [9.17, 15) is 0 Å². The SMILES string of the molecule is CC(C)n1c(CN2CCOCC2)cc2ccc(CN)cc21. The van der Waals surface area contributed by atoms with Crippen LogP contribution in [0.4, 0.5) is 0 Å². The molecule has 3 rings (SSSR count). The molecule has 2 N–H and O–H groups in total. The van der Waals surface area contributed by atoms with Crippen molar-refractivity contribution in [3.05, 3.63) is 35.5 Å². The fourth-order valence-electron chi connectivity index (χ4n) is 3.17. The van der Waals surface area contributed by atoms with Gasteiger partial charge in [-0.25, -0.2) is 0 Å². The number of nitrogens with zero attached hydrogens (tertiary/aromatic N) is 2. The average Bonchev–Trinajstić information content (AvgIpc) is 2.85. The number of aromatic nitrogens is 1. The van der Waals surface area contributed by atoms with Gasteiger partial charge in [0, 0.05) is 43.4 Å². The lowest BCUT2D eigenvalue weighted by atomic mass is 10.1. The smallest absolute Gasteiger partial charge is 0.0594 e. The van der Waals surface area contributed by atoms with Crippen molar-refractivity contribution >= 4 is 10.9 Å². The standard InChI is InChI=1S/C17H25N3O/c1-13(2)20-16(12-19-5-7-21-8-6-19)10-15-4-3-14(11-18)9-17(15)20/h3-4,9-10,13H,5-8,11-12,18H2,1-2H3. The van der Waals surface area contributed by atoms with Crippen molar-refractivity contribution in [2.24, 2.45) is 5.73 Å². The number of hydrogen-bond acceptors (Lipinski definition) is 3. The van der Waals surface area contributed by atoms with E-state index in [2.05, 4.69) is 47.6 Å². The zero-order valence-electron chi connectivity index (χ0n) is 13.0. The minimum absolute atomic E-state index is 0.451. The van der Waals surface area contributed by atoms with E-state index in [0.29, 0.717) is 12.6 Å². The van der Waals surface area contributed by atoms with Crippen LogP contribution in [0, 0.1) is 0 Å². The number of fused-ring (bicyclic) bond motifs is 1. The zero-order valence-corrected chi connectivity index (χ0v) is 13.0. The molecule has 0 unspecified atom stereocenters. The highest BCUT2D eigenvalue weighted by Gasteiger charge is 2.16. The number of benzene rings is 1. The summed E-state index contributed by atoms with van der Waals surface area (Å²) < 4.78 is 7.89. The Balaban J connectivity index is 1.98. The summed E-state index contributed by atoms with van der Waals surface area (Å²) in [5.41, 5.74) is 9.67. The van der Waals surface area contributed by atoms with Crippen LogP contribution >= 0.6 is 0 Å². The summed E-state index contributed by atoms with van der Waals surface area (Å²) in [6.45, 7) is 9.82. The molecule has 0 bridgehead atoms. The Morgan fingerprint density at radius 3 is 2.62 bits per heavy atom. The third-order valence-corrected chi connectivity index (χ3v) is 4.23. The Kier molecular flexibility index (Phi) is 4.29. The fourth-order valence-corrected chi connectivity index (χ4v) is 3.17. The summed E-state index contributed by atoms with van der Waals surface area (Å²) in [6.07, 6.45) is 0. The van der Waals surface area contributed by atoms with Crippen molar-refractivity contribution in [1.82, 2.24) is 9.47 Å². The van der Waals surface area contributed by atoms with Gasteiger partial charge in [0.15, 0.2) is 0 Å². The number of hydrogen-bond donors (Lipinski definition) is 1. The number of ether oxygens (including phenoxy) is 1. The van der Waals surface area contributed by atoms with Gasteiger partial charge >= 0.3 is 0 Å². The molecule has 1 aromatic heterocycles. The molecule has 4 nitrogen and oxygen atoms in total. The van der Waals surface area contributed by atoms with Crippen LogP contribution in [0.25, 0.3) is 10.9 Å². The first-order valence-electron chi connectivity index (χ1n) is 7.82. The van der Waals surface area contributed by atoms with Gasteiger partial charge in [0.25, 0.3) is 0 Å². The van der Waals surface area contributed by atoms with Crippen molar-refractivity contribution in [1.29, 1.82) is 0 Å². The molecule has 0 radical (unpaired) electrons. The second-order valence-corrected chi connectivity index (χ2v) is 6.09. The second kappa shape index (κ2) is 6.18. The van der Waals surface area contributed by atoms with Gasteiger partial charge in [0.2, 0.25) is 0 Å². The van der Waals surface area contributed by atoms with E-state index in [1.54, 1.807) is 0 Å². The van der Waals surface area contributed by atoms with E-state index in [1.807, 2.05) is 0 Å². The van der Waals surface area contributed by atoms with Gasteiger partial charge in [-0.2, -0.15) is 0 Å². The highest BCUT2D eigenvalue weighted by Crippen LogP contribution is 2.26. The van der Waals surface area contributed by atoms with Crippen molar-refractivity contribution in [3.63, 3.8) is 0 Å². The lowest BCUT2D eigenvalue weighted by Crippen LogP contribution is -2.36. The summed E-state index contributed by atoms with van der Waals surface area (Å²) in [5, 5.41) is 1.31. The van der Waals surface area contributed by atoms with Crippen LogP contribution in [0.3, 0.4) is 0 Å². The van der Waals surface area contributed by atoms with E-state index >= 15 is 0 Å². The van der Waals surface area contributed by atoms with Crippen LogP contribution in [-0.4, -0.2) is 35.8 Å². The topological polar surface area (TPSA) is 43.4 Å². The van der Waals surface area contributed by atoms with E-state index in [-0.39, 0.29) is 0 Å². The first kappa shape index (κ1) is 14.6. The largest absolute Gasteiger partial charge is 0.379 e. The lowest BCUT2D eigenvalue weighted by molar-refractivity contribution is 0.0331. The Hall–Kier alpha value is -1.36. The Labute approximate surface area is 126 Å². The minimum atomic E-state index is 0.451. The number of rotatable bonds is 4.